The van der Waals surface area contributed by atoms with Gasteiger partial charge in [0.25, 0.3) is 0 Å². The zero-order chi connectivity index (χ0) is 15.1. The summed E-state index contributed by atoms with van der Waals surface area (Å²) in [5.74, 6) is 2.32. The van der Waals surface area contributed by atoms with Gasteiger partial charge in [0.1, 0.15) is 0 Å². The van der Waals surface area contributed by atoms with Gasteiger partial charge in [-0.3, -0.25) is 4.79 Å². The lowest BCUT2D eigenvalue weighted by Crippen LogP contribution is -2.46. The monoisotopic (exact) mass is 371 g/mol. The van der Waals surface area contributed by atoms with Crippen molar-refractivity contribution >= 4 is 33.6 Å². The van der Waals surface area contributed by atoms with Crippen molar-refractivity contribution in [1.82, 2.24) is 5.32 Å². The number of nitrogens with one attached hydrogen (secondary N) is 1. The minimum Gasteiger partial charge on any atom is -0.376 e. The molecule has 0 bridgehead atoms. The molecule has 0 atom stereocenters. The van der Waals surface area contributed by atoms with E-state index >= 15 is 0 Å². The minimum absolute atomic E-state index is 0.0976. The Morgan fingerprint density at radius 2 is 2.10 bits per heavy atom. The van der Waals surface area contributed by atoms with Crippen LogP contribution in [-0.4, -0.2) is 36.7 Å². The van der Waals surface area contributed by atoms with Crippen molar-refractivity contribution in [1.29, 1.82) is 0 Å². The molecule has 1 N–H and O–H groups in total. The molecule has 1 heterocycles. The molecule has 0 spiro atoms. The summed E-state index contributed by atoms with van der Waals surface area (Å²) in [5.41, 5.74) is 1.01. The van der Waals surface area contributed by atoms with E-state index in [2.05, 4.69) is 21.2 Å². The van der Waals surface area contributed by atoms with Gasteiger partial charge in [-0.1, -0.05) is 34.1 Å². The number of benzene rings is 1. The highest BCUT2D eigenvalue weighted by atomic mass is 79.9. The van der Waals surface area contributed by atoms with Crippen molar-refractivity contribution in [2.24, 2.45) is 0 Å². The number of aryl methyl sites for hydroxylation is 1. The molecule has 0 unspecified atom stereocenters. The molecule has 0 aliphatic carbocycles. The number of hydrogen-bond acceptors (Lipinski definition) is 3. The second kappa shape index (κ2) is 8.20. The third kappa shape index (κ3) is 5.01. The van der Waals surface area contributed by atoms with E-state index in [1.54, 1.807) is 7.11 Å². The van der Waals surface area contributed by atoms with E-state index in [1.165, 1.54) is 5.56 Å². The van der Waals surface area contributed by atoms with Gasteiger partial charge in [0.15, 0.2) is 0 Å². The van der Waals surface area contributed by atoms with Crippen molar-refractivity contribution in [3.8, 4) is 0 Å². The normalized spacial score (nSPS) is 17.4. The molecule has 5 heteroatoms. The topological polar surface area (TPSA) is 38.3 Å². The second-order valence-corrected chi connectivity index (χ2v) is 7.45. The van der Waals surface area contributed by atoms with Gasteiger partial charge in [0.05, 0.1) is 5.60 Å². The van der Waals surface area contributed by atoms with Gasteiger partial charge >= 0.3 is 0 Å². The van der Waals surface area contributed by atoms with Crippen LogP contribution >= 0.6 is 27.7 Å². The number of carbonyl (C=O) groups excluding carboxylic acids is 1. The molecule has 3 nitrogen and oxygen atoms in total. The molecule has 1 fully saturated rings. The Bertz CT molecular complexity index is 475. The minimum atomic E-state index is -0.158. The first-order valence-corrected chi connectivity index (χ1v) is 9.23. The fourth-order valence-electron chi connectivity index (χ4n) is 2.49. The van der Waals surface area contributed by atoms with Gasteiger partial charge in [-0.05, 0) is 42.4 Å². The molecule has 1 aliphatic rings. The SMILES string of the molecule is COC1(CNC(=O)CCc2ccccc2Br)CCSCC1. The van der Waals surface area contributed by atoms with Crippen LogP contribution in [0.1, 0.15) is 24.8 Å². The van der Waals surface area contributed by atoms with E-state index in [4.69, 9.17) is 4.74 Å². The zero-order valence-corrected chi connectivity index (χ0v) is 14.8. The van der Waals surface area contributed by atoms with Crippen molar-refractivity contribution in [3.63, 3.8) is 0 Å². The van der Waals surface area contributed by atoms with Gasteiger partial charge in [-0.15, -0.1) is 0 Å². The summed E-state index contributed by atoms with van der Waals surface area (Å²) < 4.78 is 6.74. The Morgan fingerprint density at radius 1 is 1.38 bits per heavy atom. The van der Waals surface area contributed by atoms with Gasteiger partial charge in [-0.2, -0.15) is 11.8 Å². The number of halogens is 1. The first-order valence-electron chi connectivity index (χ1n) is 7.28. The number of methoxy groups -OCH3 is 1. The Kier molecular flexibility index (Phi) is 6.58. The predicted molar refractivity (Wildman–Crippen MR) is 91.8 cm³/mol. The first kappa shape index (κ1) is 16.8. The molecule has 0 aromatic heterocycles. The Hall–Kier alpha value is -0.520. The summed E-state index contributed by atoms with van der Waals surface area (Å²) in [7, 11) is 1.75. The maximum atomic E-state index is 12.0. The summed E-state index contributed by atoms with van der Waals surface area (Å²) in [6, 6.07) is 8.04. The van der Waals surface area contributed by atoms with Crippen LogP contribution in [0.25, 0.3) is 0 Å². The number of thioether (sulfide) groups is 1. The van der Waals surface area contributed by atoms with Gasteiger partial charge in [0, 0.05) is 24.5 Å². The highest BCUT2D eigenvalue weighted by Crippen LogP contribution is 2.29. The summed E-state index contributed by atoms with van der Waals surface area (Å²) in [4.78, 5) is 12.0. The molecule has 116 valence electrons. The lowest BCUT2D eigenvalue weighted by molar-refractivity contribution is -0.122. The molecule has 0 radical (unpaired) electrons. The average Bonchev–Trinajstić information content (AvgIpc) is 2.53. The van der Waals surface area contributed by atoms with Crippen LogP contribution < -0.4 is 5.32 Å². The molecular weight excluding hydrogens is 350 g/mol. The third-order valence-electron chi connectivity index (χ3n) is 4.02. The summed E-state index contributed by atoms with van der Waals surface area (Å²) in [5, 5.41) is 3.05. The van der Waals surface area contributed by atoms with E-state index in [-0.39, 0.29) is 11.5 Å². The van der Waals surface area contributed by atoms with Crippen molar-refractivity contribution in [2.75, 3.05) is 25.2 Å². The standard InChI is InChI=1S/C16H22BrNO2S/c1-20-16(8-10-21-11-9-16)12-18-15(19)7-6-13-4-2-3-5-14(13)17/h2-5H,6-12H2,1H3,(H,18,19). The van der Waals surface area contributed by atoms with Gasteiger partial charge in [0.2, 0.25) is 5.91 Å². The van der Waals surface area contributed by atoms with Gasteiger partial charge < -0.3 is 10.1 Å². The first-order chi connectivity index (χ1) is 10.2. The van der Waals surface area contributed by atoms with E-state index in [0.29, 0.717) is 13.0 Å². The Morgan fingerprint density at radius 3 is 2.76 bits per heavy atom. The molecule has 0 saturated carbocycles. The highest BCUT2D eigenvalue weighted by molar-refractivity contribution is 9.10. The lowest BCUT2D eigenvalue weighted by atomic mass is 9.96. The Balaban J connectivity index is 1.78. The number of ether oxygens (including phenoxy) is 1. The average molecular weight is 372 g/mol. The molecule has 21 heavy (non-hydrogen) atoms. The number of amides is 1. The van der Waals surface area contributed by atoms with E-state index in [1.807, 2.05) is 36.0 Å². The Labute approximate surface area is 139 Å². The maximum absolute atomic E-state index is 12.0. The van der Waals surface area contributed by atoms with Gasteiger partial charge in [-0.25, -0.2) is 0 Å². The molecule has 1 amide bonds. The quantitative estimate of drug-likeness (QED) is 0.832. The van der Waals surface area contributed by atoms with Crippen LogP contribution in [0, 0.1) is 0 Å². The van der Waals surface area contributed by atoms with Crippen LogP contribution in [0.2, 0.25) is 0 Å². The molecule has 1 aliphatic heterocycles. The van der Waals surface area contributed by atoms with E-state index in [0.717, 1.165) is 35.2 Å². The highest BCUT2D eigenvalue weighted by Gasteiger charge is 2.32. The number of hydrogen-bond donors (Lipinski definition) is 1. The van der Waals surface area contributed by atoms with Crippen molar-refractivity contribution < 1.29 is 9.53 Å². The molecule has 1 aromatic rings. The zero-order valence-electron chi connectivity index (χ0n) is 12.4. The summed E-state index contributed by atoms with van der Waals surface area (Å²) >= 11 is 5.47. The fraction of sp³-hybridized carbons (Fsp3) is 0.562. The molecule has 1 saturated heterocycles. The van der Waals surface area contributed by atoms with E-state index < -0.39 is 0 Å². The summed E-state index contributed by atoms with van der Waals surface area (Å²) in [6.45, 7) is 0.624. The van der Waals surface area contributed by atoms with Crippen molar-refractivity contribution in [2.45, 2.75) is 31.3 Å². The number of carbonyl (C=O) groups is 1. The molecule has 2 rings (SSSR count). The molecular formula is C16H22BrNO2S. The van der Waals surface area contributed by atoms with Crippen LogP contribution in [0.4, 0.5) is 0 Å². The van der Waals surface area contributed by atoms with Crippen LogP contribution in [0.5, 0.6) is 0 Å². The smallest absolute Gasteiger partial charge is 0.220 e. The van der Waals surface area contributed by atoms with Crippen molar-refractivity contribution in [3.05, 3.63) is 34.3 Å². The van der Waals surface area contributed by atoms with Crippen LogP contribution in [-0.2, 0) is 16.0 Å². The number of rotatable bonds is 6. The van der Waals surface area contributed by atoms with Crippen LogP contribution in [0.15, 0.2) is 28.7 Å². The fourth-order valence-corrected chi connectivity index (χ4v) is 4.21. The van der Waals surface area contributed by atoms with E-state index in [9.17, 15) is 4.79 Å². The predicted octanol–water partition coefficient (Wildman–Crippen LogP) is 3.41. The molecule has 1 aromatic carbocycles. The largest absolute Gasteiger partial charge is 0.376 e. The lowest BCUT2D eigenvalue weighted by Gasteiger charge is -2.35. The van der Waals surface area contributed by atoms with Crippen LogP contribution in [0.3, 0.4) is 0 Å². The summed E-state index contributed by atoms with van der Waals surface area (Å²) in [6.07, 6.45) is 3.29. The second-order valence-electron chi connectivity index (χ2n) is 5.37. The third-order valence-corrected chi connectivity index (χ3v) is 5.78. The maximum Gasteiger partial charge on any atom is 0.220 e.